The van der Waals surface area contributed by atoms with Gasteiger partial charge >= 0.3 is 6.03 Å². The highest BCUT2D eigenvalue weighted by atomic mass is 16.7. The molecule has 0 aromatic heterocycles. The Kier molecular flexibility index (Phi) is 6.43. The van der Waals surface area contributed by atoms with Crippen molar-refractivity contribution in [1.29, 1.82) is 0 Å². The maximum absolute atomic E-state index is 11.5. The van der Waals surface area contributed by atoms with Crippen molar-refractivity contribution < 1.29 is 14.5 Å². The molecule has 0 bridgehead atoms. The molecule has 0 rings (SSSR count). The van der Waals surface area contributed by atoms with E-state index < -0.39 is 6.03 Å². The van der Waals surface area contributed by atoms with Crippen LogP contribution in [0.3, 0.4) is 0 Å². The first-order valence-electron chi connectivity index (χ1n) is 4.11. The number of hydrogen-bond acceptors (Lipinski definition) is 3. The maximum Gasteiger partial charge on any atom is 0.367 e. The first kappa shape index (κ1) is 12.7. The third kappa shape index (κ3) is 4.06. The molecule has 0 aromatic rings. The lowest BCUT2D eigenvalue weighted by atomic mass is 10.6. The Bertz CT molecular complexity index is 206. The largest absolute Gasteiger partial charge is 0.367 e. The summed E-state index contributed by atoms with van der Waals surface area (Å²) in [7, 11) is 2.91. The van der Waals surface area contributed by atoms with E-state index in [-0.39, 0.29) is 6.61 Å². The fourth-order valence-corrected chi connectivity index (χ4v) is 0.725. The van der Waals surface area contributed by atoms with Crippen molar-refractivity contribution in [1.82, 2.24) is 10.1 Å². The molecule has 0 saturated heterocycles. The second-order valence-electron chi connectivity index (χ2n) is 2.40. The Labute approximate surface area is 84.1 Å². The molecule has 14 heavy (non-hydrogen) atoms. The highest BCUT2D eigenvalue weighted by Crippen LogP contribution is 1.98. The van der Waals surface area contributed by atoms with Crippen LogP contribution in [0.1, 0.15) is 0 Å². The average molecular weight is 200 g/mol. The van der Waals surface area contributed by atoms with Gasteiger partial charge in [0, 0.05) is 7.05 Å². The topological polar surface area (TPSA) is 42.0 Å². The molecule has 0 aromatic carbocycles. The number of urea groups is 1. The van der Waals surface area contributed by atoms with E-state index in [0.29, 0.717) is 6.54 Å². The highest BCUT2D eigenvalue weighted by Gasteiger charge is 2.16. The van der Waals surface area contributed by atoms with Crippen LogP contribution in [0.4, 0.5) is 4.79 Å². The third-order valence-corrected chi connectivity index (χ3v) is 1.38. The molecule has 0 spiro atoms. The molecule has 0 unspecified atom stereocenters. The van der Waals surface area contributed by atoms with E-state index in [9.17, 15) is 4.79 Å². The van der Waals surface area contributed by atoms with Crippen LogP contribution in [0.2, 0.25) is 0 Å². The summed E-state index contributed by atoms with van der Waals surface area (Å²) < 4.78 is 0. The van der Waals surface area contributed by atoms with Gasteiger partial charge < -0.3 is 0 Å². The van der Waals surface area contributed by atoms with Gasteiger partial charge in [0.25, 0.3) is 0 Å². The van der Waals surface area contributed by atoms with Crippen molar-refractivity contribution >= 4 is 6.03 Å². The third-order valence-electron chi connectivity index (χ3n) is 1.38. The van der Waals surface area contributed by atoms with Gasteiger partial charge in [-0.15, -0.1) is 13.2 Å². The average Bonchev–Trinajstić information content (AvgIpc) is 2.21. The maximum atomic E-state index is 11.5. The molecule has 5 heteroatoms. The lowest BCUT2D eigenvalue weighted by Gasteiger charge is -2.23. The molecule has 0 radical (unpaired) electrons. The van der Waals surface area contributed by atoms with Crippen molar-refractivity contribution in [2.45, 2.75) is 0 Å². The first-order chi connectivity index (χ1) is 6.67. The first-order valence-corrected chi connectivity index (χ1v) is 4.11. The summed E-state index contributed by atoms with van der Waals surface area (Å²) in [5.74, 6) is 0. The van der Waals surface area contributed by atoms with Crippen LogP contribution in [0.25, 0.3) is 0 Å². The summed E-state index contributed by atoms with van der Waals surface area (Å²) in [6, 6.07) is -0.394. The molecule has 2 amide bonds. The van der Waals surface area contributed by atoms with Gasteiger partial charge in [0.15, 0.2) is 0 Å². The number of nitrogens with zero attached hydrogens (tertiary/aromatic N) is 2. The fraction of sp³-hybridized carbons (Fsp3) is 0.444. The number of hydroxylamine groups is 4. The molecule has 0 atom stereocenters. The summed E-state index contributed by atoms with van der Waals surface area (Å²) in [4.78, 5) is 21.3. The van der Waals surface area contributed by atoms with Gasteiger partial charge in [0.2, 0.25) is 0 Å². The van der Waals surface area contributed by atoms with Gasteiger partial charge in [-0.3, -0.25) is 9.68 Å². The van der Waals surface area contributed by atoms with Gasteiger partial charge in [0.05, 0.1) is 20.3 Å². The number of amides is 2. The van der Waals surface area contributed by atoms with Crippen LogP contribution in [0.15, 0.2) is 25.3 Å². The monoisotopic (exact) mass is 200 g/mol. The van der Waals surface area contributed by atoms with E-state index in [1.165, 1.54) is 14.2 Å². The molecule has 0 aliphatic rings. The zero-order chi connectivity index (χ0) is 11.0. The SMILES string of the molecule is C=CCON(C)C(=O)N(CC=C)OC. The zero-order valence-electron chi connectivity index (χ0n) is 8.60. The number of carbonyl (C=O) groups excluding carboxylic acids is 1. The van der Waals surface area contributed by atoms with E-state index in [4.69, 9.17) is 9.68 Å². The standard InChI is InChI=1S/C9H16N2O3/c1-5-7-11(13-4)9(12)10(3)14-8-6-2/h5-6H,1-2,7-8H2,3-4H3. The molecule has 80 valence electrons. The summed E-state index contributed by atoms with van der Waals surface area (Å²) in [5.41, 5.74) is 0. The summed E-state index contributed by atoms with van der Waals surface area (Å²) >= 11 is 0. The molecule has 0 aliphatic heterocycles. The van der Waals surface area contributed by atoms with Crippen LogP contribution >= 0.6 is 0 Å². The van der Waals surface area contributed by atoms with E-state index in [2.05, 4.69) is 13.2 Å². The summed E-state index contributed by atoms with van der Waals surface area (Å²) in [5, 5.41) is 2.20. The van der Waals surface area contributed by atoms with Crippen molar-refractivity contribution in [2.24, 2.45) is 0 Å². The number of hydrogen-bond donors (Lipinski definition) is 0. The predicted molar refractivity (Wildman–Crippen MR) is 53.2 cm³/mol. The molecule has 0 N–H and O–H groups in total. The zero-order valence-corrected chi connectivity index (χ0v) is 8.60. The van der Waals surface area contributed by atoms with E-state index in [1.807, 2.05) is 0 Å². The minimum absolute atomic E-state index is 0.272. The van der Waals surface area contributed by atoms with Gasteiger partial charge in [-0.05, 0) is 0 Å². The van der Waals surface area contributed by atoms with E-state index in [0.717, 1.165) is 10.1 Å². The Morgan fingerprint density at radius 1 is 1.43 bits per heavy atom. The quantitative estimate of drug-likeness (QED) is 0.478. The van der Waals surface area contributed by atoms with Crippen molar-refractivity contribution in [3.05, 3.63) is 25.3 Å². The van der Waals surface area contributed by atoms with Crippen LogP contribution in [-0.2, 0) is 9.68 Å². The van der Waals surface area contributed by atoms with Gasteiger partial charge in [-0.1, -0.05) is 12.2 Å². The summed E-state index contributed by atoms with van der Waals surface area (Å²) in [6.45, 7) is 7.55. The van der Waals surface area contributed by atoms with E-state index >= 15 is 0 Å². The molecule has 0 saturated carbocycles. The van der Waals surface area contributed by atoms with Crippen molar-refractivity contribution in [2.75, 3.05) is 27.3 Å². The Hall–Kier alpha value is -1.33. The molecular formula is C9H16N2O3. The smallest absolute Gasteiger partial charge is 0.272 e. The van der Waals surface area contributed by atoms with Gasteiger partial charge in [-0.2, -0.15) is 5.06 Å². The Balaban J connectivity index is 4.11. The van der Waals surface area contributed by atoms with Crippen molar-refractivity contribution in [3.8, 4) is 0 Å². The lowest BCUT2D eigenvalue weighted by molar-refractivity contribution is -0.147. The fourth-order valence-electron chi connectivity index (χ4n) is 0.725. The van der Waals surface area contributed by atoms with Crippen LogP contribution in [0.5, 0.6) is 0 Å². The molecular weight excluding hydrogens is 184 g/mol. The minimum Gasteiger partial charge on any atom is -0.272 e. The summed E-state index contributed by atoms with van der Waals surface area (Å²) in [6.07, 6.45) is 3.11. The van der Waals surface area contributed by atoms with Crippen LogP contribution in [-0.4, -0.2) is 43.5 Å². The predicted octanol–water partition coefficient (Wildman–Crippen LogP) is 1.21. The van der Waals surface area contributed by atoms with E-state index in [1.54, 1.807) is 12.2 Å². The van der Waals surface area contributed by atoms with Crippen LogP contribution < -0.4 is 0 Å². The van der Waals surface area contributed by atoms with Gasteiger partial charge in [0.1, 0.15) is 0 Å². The molecule has 0 fully saturated rings. The number of carbonyl (C=O) groups is 1. The second kappa shape index (κ2) is 7.11. The second-order valence-corrected chi connectivity index (χ2v) is 2.40. The van der Waals surface area contributed by atoms with Gasteiger partial charge in [-0.25, -0.2) is 9.86 Å². The lowest BCUT2D eigenvalue weighted by Crippen LogP contribution is -2.40. The van der Waals surface area contributed by atoms with Crippen LogP contribution in [0, 0.1) is 0 Å². The highest BCUT2D eigenvalue weighted by molar-refractivity contribution is 5.72. The normalized spacial score (nSPS) is 9.29. The van der Waals surface area contributed by atoms with Crippen molar-refractivity contribution in [3.63, 3.8) is 0 Å². The molecule has 5 nitrogen and oxygen atoms in total. The Morgan fingerprint density at radius 3 is 2.50 bits per heavy atom. The molecule has 0 heterocycles. The number of rotatable bonds is 6. The minimum atomic E-state index is -0.394. The Morgan fingerprint density at radius 2 is 2.07 bits per heavy atom. The molecule has 0 aliphatic carbocycles.